The van der Waals surface area contributed by atoms with Gasteiger partial charge in [0, 0.05) is 35.7 Å². The molecule has 1 atom stereocenters. The van der Waals surface area contributed by atoms with Crippen LogP contribution in [0.15, 0.2) is 61.2 Å². The maximum absolute atomic E-state index is 12.2. The molecule has 0 amide bonds. The predicted octanol–water partition coefficient (Wildman–Crippen LogP) is 4.65. The van der Waals surface area contributed by atoms with Crippen LogP contribution in [0.5, 0.6) is 5.75 Å². The molecule has 5 heteroatoms. The molecule has 0 spiro atoms. The van der Waals surface area contributed by atoms with Gasteiger partial charge in [0.2, 0.25) is 0 Å². The van der Waals surface area contributed by atoms with Crippen LogP contribution in [-0.2, 0) is 18.7 Å². The molecule has 0 aliphatic heterocycles. The van der Waals surface area contributed by atoms with Crippen LogP contribution in [0.4, 0.5) is 0 Å². The largest absolute Gasteiger partial charge is 0.484 e. The molecule has 3 aromatic rings. The van der Waals surface area contributed by atoms with E-state index < -0.39 is 0 Å². The average molecular weight is 378 g/mol. The first-order valence-electron chi connectivity index (χ1n) is 9.22. The third kappa shape index (κ3) is 3.78. The minimum atomic E-state index is -0.156. The van der Waals surface area contributed by atoms with Crippen LogP contribution >= 0.6 is 12.6 Å². The molecule has 1 aromatic heterocycles. The van der Waals surface area contributed by atoms with Gasteiger partial charge in [0.15, 0.2) is 5.78 Å². The summed E-state index contributed by atoms with van der Waals surface area (Å²) < 4.78 is 8.50. The minimum absolute atomic E-state index is 0.156. The fourth-order valence-corrected chi connectivity index (χ4v) is 4.03. The number of ether oxygens (including phenoxy) is 1. The van der Waals surface area contributed by atoms with E-state index in [9.17, 15) is 4.79 Å². The molecule has 138 valence electrons. The van der Waals surface area contributed by atoms with Crippen LogP contribution in [0.2, 0.25) is 0 Å². The summed E-state index contributed by atoms with van der Waals surface area (Å²) in [6.45, 7) is 0.659. The fourth-order valence-electron chi connectivity index (χ4n) is 3.68. The molecular weight excluding hydrogens is 356 g/mol. The summed E-state index contributed by atoms with van der Waals surface area (Å²) in [5, 5.41) is 0. The molecule has 1 heterocycles. The summed E-state index contributed by atoms with van der Waals surface area (Å²) in [5.41, 5.74) is 4.08. The van der Waals surface area contributed by atoms with E-state index >= 15 is 0 Å². The molecule has 27 heavy (non-hydrogen) atoms. The Morgan fingerprint density at radius 1 is 1.15 bits per heavy atom. The topological polar surface area (TPSA) is 44.1 Å². The molecule has 0 saturated heterocycles. The van der Waals surface area contributed by atoms with E-state index in [0.29, 0.717) is 18.7 Å². The molecule has 4 rings (SSSR count). The molecule has 0 unspecified atom stereocenters. The molecule has 0 fully saturated rings. The van der Waals surface area contributed by atoms with Gasteiger partial charge in [0.05, 0.1) is 12.9 Å². The van der Waals surface area contributed by atoms with Crippen molar-refractivity contribution in [3.05, 3.63) is 83.4 Å². The number of carbonyl (C=O) groups excluding carboxylic acids is 1. The van der Waals surface area contributed by atoms with Crippen molar-refractivity contribution in [2.24, 2.45) is 0 Å². The van der Waals surface area contributed by atoms with Crippen molar-refractivity contribution in [3.8, 4) is 5.75 Å². The summed E-state index contributed by atoms with van der Waals surface area (Å²) in [7, 11) is 0. The smallest absolute Gasteiger partial charge is 0.163 e. The highest BCUT2D eigenvalue weighted by molar-refractivity contribution is 7.79. The Labute approximate surface area is 164 Å². The van der Waals surface area contributed by atoms with E-state index in [2.05, 4.69) is 29.7 Å². The predicted molar refractivity (Wildman–Crippen MR) is 108 cm³/mol. The van der Waals surface area contributed by atoms with Crippen LogP contribution in [0.3, 0.4) is 0 Å². The molecule has 0 bridgehead atoms. The van der Waals surface area contributed by atoms with Crippen LogP contribution in [0, 0.1) is 0 Å². The Morgan fingerprint density at radius 3 is 2.74 bits per heavy atom. The standard InChI is InChI=1S/C22H22N2O2S/c25-20-8-4-7-17-18(20)9-10-21(19(17)14-27)26-22(13-24-12-11-23-15-24)16-5-2-1-3-6-16/h1-3,5-6,9-12,15,22,27H,4,7-8,13-14H2/t22-/m1/s1. The number of nitrogens with zero attached hydrogens (tertiary/aromatic N) is 2. The van der Waals surface area contributed by atoms with Crippen molar-refractivity contribution in [2.75, 3.05) is 0 Å². The van der Waals surface area contributed by atoms with Gasteiger partial charge in [-0.2, -0.15) is 12.6 Å². The van der Waals surface area contributed by atoms with Crippen LogP contribution in [0.1, 0.15) is 46.0 Å². The second kappa shape index (κ2) is 8.01. The average Bonchev–Trinajstić information content (AvgIpc) is 3.21. The molecule has 2 aromatic carbocycles. The summed E-state index contributed by atoms with van der Waals surface area (Å²) in [4.78, 5) is 16.4. The Kier molecular flexibility index (Phi) is 5.30. The number of aromatic nitrogens is 2. The van der Waals surface area contributed by atoms with E-state index in [4.69, 9.17) is 4.74 Å². The van der Waals surface area contributed by atoms with Gasteiger partial charge in [0.25, 0.3) is 0 Å². The van der Waals surface area contributed by atoms with Crippen LogP contribution in [0.25, 0.3) is 0 Å². The van der Waals surface area contributed by atoms with E-state index in [1.165, 1.54) is 0 Å². The van der Waals surface area contributed by atoms with Crippen molar-refractivity contribution >= 4 is 18.4 Å². The van der Waals surface area contributed by atoms with E-state index in [-0.39, 0.29) is 11.9 Å². The normalized spacial score (nSPS) is 14.6. The SMILES string of the molecule is O=C1CCCc2c1ccc(O[C@H](Cn1ccnc1)c1ccccc1)c2CS. The molecular formula is C22H22N2O2S. The molecule has 1 aliphatic carbocycles. The number of benzene rings is 2. The lowest BCUT2D eigenvalue weighted by Gasteiger charge is -2.25. The van der Waals surface area contributed by atoms with Crippen molar-refractivity contribution in [1.29, 1.82) is 0 Å². The van der Waals surface area contributed by atoms with Gasteiger partial charge in [0.1, 0.15) is 11.9 Å². The highest BCUT2D eigenvalue weighted by Gasteiger charge is 2.23. The number of imidazole rings is 1. The maximum Gasteiger partial charge on any atom is 0.163 e. The lowest BCUT2D eigenvalue weighted by Crippen LogP contribution is -2.17. The quantitative estimate of drug-likeness (QED) is 0.635. The van der Waals surface area contributed by atoms with E-state index in [1.54, 1.807) is 12.5 Å². The molecule has 4 nitrogen and oxygen atoms in total. The maximum atomic E-state index is 12.2. The number of fused-ring (bicyclic) bond motifs is 1. The number of Topliss-reactive ketones (excluding diaryl/α,β-unsaturated/α-hetero) is 1. The second-order valence-electron chi connectivity index (χ2n) is 6.78. The van der Waals surface area contributed by atoms with Crippen LogP contribution < -0.4 is 4.74 Å². The number of thiol groups is 1. The monoisotopic (exact) mass is 378 g/mol. The van der Waals surface area contributed by atoms with Gasteiger partial charge in [-0.05, 0) is 36.1 Å². The molecule has 1 aliphatic rings. The highest BCUT2D eigenvalue weighted by Crippen LogP contribution is 2.35. The first-order valence-corrected chi connectivity index (χ1v) is 9.85. The minimum Gasteiger partial charge on any atom is -0.484 e. The fraction of sp³-hybridized carbons (Fsp3) is 0.273. The number of hydrogen-bond donors (Lipinski definition) is 1. The van der Waals surface area contributed by atoms with Gasteiger partial charge >= 0.3 is 0 Å². The van der Waals surface area contributed by atoms with Gasteiger partial charge in [-0.25, -0.2) is 4.98 Å². The molecule has 0 radical (unpaired) electrons. The second-order valence-corrected chi connectivity index (χ2v) is 7.10. The highest BCUT2D eigenvalue weighted by atomic mass is 32.1. The lowest BCUT2D eigenvalue weighted by molar-refractivity contribution is 0.0972. The van der Waals surface area contributed by atoms with E-state index in [1.807, 2.05) is 41.1 Å². The zero-order valence-corrected chi connectivity index (χ0v) is 15.9. The summed E-state index contributed by atoms with van der Waals surface area (Å²) >= 11 is 4.54. The number of carbonyl (C=O) groups is 1. The summed E-state index contributed by atoms with van der Waals surface area (Å²) in [6.07, 6.45) is 7.78. The Hall–Kier alpha value is -2.53. The number of ketones is 1. The van der Waals surface area contributed by atoms with Gasteiger partial charge in [-0.1, -0.05) is 30.3 Å². The van der Waals surface area contributed by atoms with Gasteiger partial charge in [-0.3, -0.25) is 4.79 Å². The third-order valence-corrected chi connectivity index (χ3v) is 5.37. The lowest BCUT2D eigenvalue weighted by atomic mass is 9.87. The van der Waals surface area contributed by atoms with Crippen molar-refractivity contribution in [2.45, 2.75) is 37.7 Å². The van der Waals surface area contributed by atoms with Crippen molar-refractivity contribution < 1.29 is 9.53 Å². The number of rotatable bonds is 6. The molecule has 0 saturated carbocycles. The number of hydrogen-bond acceptors (Lipinski definition) is 4. The summed E-state index contributed by atoms with van der Waals surface area (Å²) in [5.74, 6) is 1.59. The Morgan fingerprint density at radius 2 is 2.00 bits per heavy atom. The summed E-state index contributed by atoms with van der Waals surface area (Å²) in [6, 6.07) is 14.0. The van der Waals surface area contributed by atoms with Crippen molar-refractivity contribution in [1.82, 2.24) is 9.55 Å². The van der Waals surface area contributed by atoms with Crippen molar-refractivity contribution in [3.63, 3.8) is 0 Å². The van der Waals surface area contributed by atoms with E-state index in [0.717, 1.165) is 40.8 Å². The molecule has 0 N–H and O–H groups in total. The van der Waals surface area contributed by atoms with Gasteiger partial charge < -0.3 is 9.30 Å². The zero-order chi connectivity index (χ0) is 18.6. The third-order valence-electron chi connectivity index (χ3n) is 5.05. The Bertz CT molecular complexity index is 923. The van der Waals surface area contributed by atoms with Gasteiger partial charge in [-0.15, -0.1) is 0 Å². The first-order chi connectivity index (χ1) is 13.3. The Balaban J connectivity index is 1.69. The van der Waals surface area contributed by atoms with Crippen LogP contribution in [-0.4, -0.2) is 15.3 Å². The first kappa shape index (κ1) is 17.9. The zero-order valence-electron chi connectivity index (χ0n) is 15.0.